The average Bonchev–Trinajstić information content (AvgIpc) is 2.92. The molecule has 2 heterocycles. The lowest BCUT2D eigenvalue weighted by Crippen LogP contribution is -2.47. The Labute approximate surface area is 102 Å². The molecule has 2 saturated heterocycles. The van der Waals surface area contributed by atoms with Crippen LogP contribution >= 0.6 is 0 Å². The van der Waals surface area contributed by atoms with E-state index in [0.717, 1.165) is 44.9 Å². The topological polar surface area (TPSA) is 72.6 Å². The molecule has 0 aromatic heterocycles. The second kappa shape index (κ2) is 3.95. The lowest BCUT2D eigenvalue weighted by molar-refractivity contribution is -0.157. The molecule has 0 radical (unpaired) electrons. The fraction of sp³-hybridized carbons (Fsp3) is 0.923. The van der Waals surface area contributed by atoms with E-state index in [4.69, 9.17) is 10.5 Å². The molecule has 0 aromatic rings. The molecule has 0 spiro atoms. The van der Waals surface area contributed by atoms with Gasteiger partial charge in [-0.25, -0.2) is 0 Å². The summed E-state index contributed by atoms with van der Waals surface area (Å²) in [7, 11) is 0. The van der Waals surface area contributed by atoms with E-state index < -0.39 is 11.4 Å². The number of aliphatic carboxylic acids is 1. The SMILES string of the molecule is NC1CCC(C(=O)O)(C2CC3CCC2O3)CC1. The van der Waals surface area contributed by atoms with Crippen LogP contribution in [0.4, 0.5) is 0 Å². The molecule has 3 aliphatic rings. The monoisotopic (exact) mass is 239 g/mol. The first-order valence-electron chi connectivity index (χ1n) is 6.76. The van der Waals surface area contributed by atoms with E-state index in [-0.39, 0.29) is 18.1 Å². The van der Waals surface area contributed by atoms with E-state index in [1.54, 1.807) is 0 Å². The Morgan fingerprint density at radius 3 is 2.41 bits per heavy atom. The van der Waals surface area contributed by atoms with E-state index in [1.807, 2.05) is 0 Å². The van der Waals surface area contributed by atoms with Crippen molar-refractivity contribution in [2.45, 2.75) is 63.2 Å². The van der Waals surface area contributed by atoms with Gasteiger partial charge in [0.25, 0.3) is 0 Å². The largest absolute Gasteiger partial charge is 0.481 e. The third-order valence-corrected chi connectivity index (χ3v) is 5.16. The maximum Gasteiger partial charge on any atom is 0.310 e. The van der Waals surface area contributed by atoms with E-state index in [1.165, 1.54) is 0 Å². The lowest BCUT2D eigenvalue weighted by atomic mass is 9.61. The zero-order valence-corrected chi connectivity index (χ0v) is 10.1. The fourth-order valence-corrected chi connectivity index (χ4v) is 4.12. The van der Waals surface area contributed by atoms with Crippen LogP contribution in [0, 0.1) is 11.3 Å². The van der Waals surface area contributed by atoms with Crippen LogP contribution in [0.15, 0.2) is 0 Å². The highest BCUT2D eigenvalue weighted by Gasteiger charge is 2.56. The first-order chi connectivity index (χ1) is 8.12. The summed E-state index contributed by atoms with van der Waals surface area (Å²) in [5.74, 6) is -0.392. The molecule has 1 aliphatic carbocycles. The summed E-state index contributed by atoms with van der Waals surface area (Å²) in [5.41, 5.74) is 5.36. The van der Waals surface area contributed by atoms with E-state index >= 15 is 0 Å². The molecule has 3 fully saturated rings. The fourth-order valence-electron chi connectivity index (χ4n) is 4.12. The van der Waals surface area contributed by atoms with Crippen LogP contribution in [-0.2, 0) is 9.53 Å². The summed E-state index contributed by atoms with van der Waals surface area (Å²) in [6.07, 6.45) is 6.82. The number of carboxylic acid groups (broad SMARTS) is 1. The quantitative estimate of drug-likeness (QED) is 0.766. The minimum absolute atomic E-state index is 0.196. The molecule has 2 aliphatic heterocycles. The van der Waals surface area contributed by atoms with Crippen LogP contribution in [0.3, 0.4) is 0 Å². The molecule has 4 nitrogen and oxygen atoms in total. The van der Waals surface area contributed by atoms with Crippen molar-refractivity contribution in [3.8, 4) is 0 Å². The maximum absolute atomic E-state index is 11.7. The Bertz CT molecular complexity index is 323. The summed E-state index contributed by atoms with van der Waals surface area (Å²) in [4.78, 5) is 11.7. The number of carboxylic acids is 1. The second-order valence-corrected chi connectivity index (χ2v) is 6.01. The second-order valence-electron chi connectivity index (χ2n) is 6.01. The minimum Gasteiger partial charge on any atom is -0.481 e. The number of nitrogens with two attached hydrogens (primary N) is 1. The van der Waals surface area contributed by atoms with Crippen molar-refractivity contribution in [2.75, 3.05) is 0 Å². The molecule has 3 atom stereocenters. The van der Waals surface area contributed by atoms with Crippen LogP contribution in [0.5, 0.6) is 0 Å². The average molecular weight is 239 g/mol. The van der Waals surface area contributed by atoms with Crippen molar-refractivity contribution in [3.63, 3.8) is 0 Å². The van der Waals surface area contributed by atoms with Crippen molar-refractivity contribution < 1.29 is 14.6 Å². The van der Waals surface area contributed by atoms with Crippen molar-refractivity contribution in [1.29, 1.82) is 0 Å². The van der Waals surface area contributed by atoms with Gasteiger partial charge >= 0.3 is 5.97 Å². The standard InChI is InChI=1S/C13H21NO3/c14-8-3-5-13(6-4-8,12(15)16)10-7-9-1-2-11(10)17-9/h8-11H,1-7,14H2,(H,15,16). The molecule has 3 unspecified atom stereocenters. The Hall–Kier alpha value is -0.610. The van der Waals surface area contributed by atoms with Gasteiger partial charge in [-0.1, -0.05) is 0 Å². The van der Waals surface area contributed by atoms with Gasteiger partial charge < -0.3 is 15.6 Å². The molecule has 0 aromatic carbocycles. The number of carbonyl (C=O) groups is 1. The summed E-state index contributed by atoms with van der Waals surface area (Å²) in [6.45, 7) is 0. The molecule has 3 N–H and O–H groups in total. The van der Waals surface area contributed by atoms with E-state index in [0.29, 0.717) is 6.10 Å². The Morgan fingerprint density at radius 1 is 1.24 bits per heavy atom. The molecule has 2 bridgehead atoms. The van der Waals surface area contributed by atoms with Gasteiger partial charge in [-0.05, 0) is 44.9 Å². The lowest BCUT2D eigenvalue weighted by Gasteiger charge is -2.42. The molecule has 17 heavy (non-hydrogen) atoms. The van der Waals surface area contributed by atoms with Gasteiger partial charge in [0.15, 0.2) is 0 Å². The summed E-state index contributed by atoms with van der Waals surface area (Å²) in [6, 6.07) is 0.196. The molecule has 3 rings (SSSR count). The van der Waals surface area contributed by atoms with Gasteiger partial charge in [0.05, 0.1) is 17.6 Å². The normalized spacial score (nSPS) is 49.5. The number of hydrogen-bond acceptors (Lipinski definition) is 3. The highest BCUT2D eigenvalue weighted by molar-refractivity contribution is 5.75. The highest BCUT2D eigenvalue weighted by Crippen LogP contribution is 2.53. The predicted octanol–water partition coefficient (Wildman–Crippen LogP) is 1.53. The molecule has 4 heteroatoms. The smallest absolute Gasteiger partial charge is 0.310 e. The van der Waals surface area contributed by atoms with Gasteiger partial charge in [0, 0.05) is 12.0 Å². The third kappa shape index (κ3) is 1.69. The first-order valence-corrected chi connectivity index (χ1v) is 6.76. The number of fused-ring (bicyclic) bond motifs is 2. The number of rotatable bonds is 2. The van der Waals surface area contributed by atoms with Crippen molar-refractivity contribution in [3.05, 3.63) is 0 Å². The predicted molar refractivity (Wildman–Crippen MR) is 62.5 cm³/mol. The van der Waals surface area contributed by atoms with Gasteiger partial charge in [-0.2, -0.15) is 0 Å². The van der Waals surface area contributed by atoms with Gasteiger partial charge in [-0.15, -0.1) is 0 Å². The number of ether oxygens (including phenoxy) is 1. The number of hydrogen-bond donors (Lipinski definition) is 2. The van der Waals surface area contributed by atoms with E-state index in [9.17, 15) is 9.90 Å². The molecule has 0 amide bonds. The Kier molecular flexibility index (Phi) is 2.67. The summed E-state index contributed by atoms with van der Waals surface area (Å²) < 4.78 is 5.85. The Balaban J connectivity index is 1.83. The van der Waals surface area contributed by atoms with Gasteiger partial charge in [-0.3, -0.25) is 4.79 Å². The molecule has 1 saturated carbocycles. The van der Waals surface area contributed by atoms with Crippen LogP contribution in [0.25, 0.3) is 0 Å². The van der Waals surface area contributed by atoms with Crippen molar-refractivity contribution >= 4 is 5.97 Å². The van der Waals surface area contributed by atoms with Crippen molar-refractivity contribution in [2.24, 2.45) is 17.1 Å². The Morgan fingerprint density at radius 2 is 1.94 bits per heavy atom. The van der Waals surface area contributed by atoms with Crippen LogP contribution in [0.2, 0.25) is 0 Å². The zero-order valence-electron chi connectivity index (χ0n) is 10.1. The highest BCUT2D eigenvalue weighted by atomic mass is 16.5. The van der Waals surface area contributed by atoms with Gasteiger partial charge in [0.2, 0.25) is 0 Å². The molecular formula is C13H21NO3. The van der Waals surface area contributed by atoms with Crippen LogP contribution < -0.4 is 5.73 Å². The zero-order chi connectivity index (χ0) is 12.0. The summed E-state index contributed by atoms with van der Waals surface area (Å²) >= 11 is 0. The van der Waals surface area contributed by atoms with Crippen LogP contribution in [-0.4, -0.2) is 29.3 Å². The van der Waals surface area contributed by atoms with E-state index in [2.05, 4.69) is 0 Å². The van der Waals surface area contributed by atoms with Gasteiger partial charge in [0.1, 0.15) is 0 Å². The minimum atomic E-state index is -0.620. The van der Waals surface area contributed by atoms with Crippen molar-refractivity contribution in [1.82, 2.24) is 0 Å². The third-order valence-electron chi connectivity index (χ3n) is 5.16. The molecular weight excluding hydrogens is 218 g/mol. The first kappa shape index (κ1) is 11.5. The molecule has 96 valence electrons. The maximum atomic E-state index is 11.7. The van der Waals surface area contributed by atoms with Crippen LogP contribution in [0.1, 0.15) is 44.9 Å². The summed E-state index contributed by atoms with van der Waals surface area (Å²) in [5, 5.41) is 9.67.